The van der Waals surface area contributed by atoms with Gasteiger partial charge in [0.1, 0.15) is 13.2 Å². The predicted molar refractivity (Wildman–Crippen MR) is 93.0 cm³/mol. The van der Waals surface area contributed by atoms with E-state index in [1.165, 1.54) is 0 Å². The van der Waals surface area contributed by atoms with E-state index in [0.29, 0.717) is 32.0 Å². The summed E-state index contributed by atoms with van der Waals surface area (Å²) in [6, 6.07) is 19.3. The Morgan fingerprint density at radius 3 is 1.88 bits per heavy atom. The van der Waals surface area contributed by atoms with Gasteiger partial charge >= 0.3 is 5.97 Å². The minimum atomic E-state index is -0.121. The second-order valence-corrected chi connectivity index (χ2v) is 5.64. The first-order valence-corrected chi connectivity index (χ1v) is 7.90. The third-order valence-corrected chi connectivity index (χ3v) is 2.98. The van der Waals surface area contributed by atoms with Crippen molar-refractivity contribution in [1.82, 2.24) is 0 Å². The molecule has 0 spiro atoms. The van der Waals surface area contributed by atoms with Crippen molar-refractivity contribution in [2.24, 2.45) is 5.92 Å². The summed E-state index contributed by atoms with van der Waals surface area (Å²) in [5.74, 6) is 0.238. The van der Waals surface area contributed by atoms with Crippen LogP contribution in [0, 0.1) is 5.92 Å². The fraction of sp³-hybridized carbons (Fsp3) is 0.300. The van der Waals surface area contributed by atoms with Crippen LogP contribution in [0.5, 0.6) is 0 Å². The number of carbonyl (C=O) groups excluding carboxylic acids is 2. The minimum Gasteiger partial charge on any atom is -0.463 e. The molecule has 0 heterocycles. The summed E-state index contributed by atoms with van der Waals surface area (Å²) < 4.78 is 9.64. The molecule has 0 bridgehead atoms. The first-order chi connectivity index (χ1) is 11.6. The number of esters is 1. The molecule has 0 atom stereocenters. The molecule has 2 rings (SSSR count). The van der Waals surface area contributed by atoms with Gasteiger partial charge < -0.3 is 9.47 Å². The van der Waals surface area contributed by atoms with Crippen LogP contribution in [0.2, 0.25) is 0 Å². The molecule has 4 heteroatoms. The maximum absolute atomic E-state index is 11.2. The van der Waals surface area contributed by atoms with Crippen LogP contribution in [0.1, 0.15) is 31.4 Å². The van der Waals surface area contributed by atoms with E-state index in [1.54, 1.807) is 0 Å². The van der Waals surface area contributed by atoms with Crippen molar-refractivity contribution >= 4 is 12.4 Å². The highest BCUT2D eigenvalue weighted by Gasteiger charge is 2.05. The molecular formula is C20H24O4. The van der Waals surface area contributed by atoms with E-state index in [-0.39, 0.29) is 5.97 Å². The van der Waals surface area contributed by atoms with Gasteiger partial charge in [0.2, 0.25) is 0 Å². The smallest absolute Gasteiger partial charge is 0.306 e. The van der Waals surface area contributed by atoms with Crippen molar-refractivity contribution in [2.75, 3.05) is 0 Å². The molecule has 0 fully saturated rings. The van der Waals surface area contributed by atoms with E-state index in [9.17, 15) is 9.59 Å². The van der Waals surface area contributed by atoms with Crippen LogP contribution in [0.15, 0.2) is 60.7 Å². The summed E-state index contributed by atoms with van der Waals surface area (Å²) >= 11 is 0. The number of ether oxygens (including phenoxy) is 2. The molecule has 0 N–H and O–H groups in total. The summed E-state index contributed by atoms with van der Waals surface area (Å²) in [6.45, 7) is 5.21. The Morgan fingerprint density at radius 1 is 0.917 bits per heavy atom. The Bertz CT molecular complexity index is 579. The molecule has 2 aromatic carbocycles. The highest BCUT2D eigenvalue weighted by molar-refractivity contribution is 5.69. The van der Waals surface area contributed by atoms with E-state index in [1.807, 2.05) is 74.5 Å². The third-order valence-electron chi connectivity index (χ3n) is 2.98. The van der Waals surface area contributed by atoms with Crippen LogP contribution >= 0.6 is 0 Å². The second-order valence-electron chi connectivity index (χ2n) is 5.64. The lowest BCUT2D eigenvalue weighted by Gasteiger charge is -2.06. The first-order valence-electron chi connectivity index (χ1n) is 7.90. The monoisotopic (exact) mass is 328 g/mol. The molecule has 0 radical (unpaired) electrons. The van der Waals surface area contributed by atoms with Crippen molar-refractivity contribution in [2.45, 2.75) is 33.5 Å². The van der Waals surface area contributed by atoms with Gasteiger partial charge in [-0.25, -0.2) is 0 Å². The number of benzene rings is 2. The van der Waals surface area contributed by atoms with Crippen LogP contribution in [0.4, 0.5) is 0 Å². The van der Waals surface area contributed by atoms with E-state index in [2.05, 4.69) is 4.74 Å². The zero-order chi connectivity index (χ0) is 17.6. The number of hydrogen-bond acceptors (Lipinski definition) is 4. The SMILES string of the molecule is CC(C)CC(=O)OCc1ccccc1.O=COCc1ccccc1. The van der Waals surface area contributed by atoms with Crippen molar-refractivity contribution in [3.8, 4) is 0 Å². The third kappa shape index (κ3) is 9.41. The Hall–Kier alpha value is -2.62. The Morgan fingerprint density at radius 2 is 1.42 bits per heavy atom. The topological polar surface area (TPSA) is 52.6 Å². The van der Waals surface area contributed by atoms with Gasteiger partial charge in [0.15, 0.2) is 0 Å². The zero-order valence-corrected chi connectivity index (χ0v) is 14.2. The highest BCUT2D eigenvalue weighted by atomic mass is 16.5. The molecule has 0 unspecified atom stereocenters. The van der Waals surface area contributed by atoms with E-state index in [4.69, 9.17) is 4.74 Å². The van der Waals surface area contributed by atoms with Crippen LogP contribution in [0.25, 0.3) is 0 Å². The maximum Gasteiger partial charge on any atom is 0.306 e. The van der Waals surface area contributed by atoms with Gasteiger partial charge in [-0.15, -0.1) is 0 Å². The largest absolute Gasteiger partial charge is 0.463 e. The second kappa shape index (κ2) is 11.9. The lowest BCUT2D eigenvalue weighted by atomic mass is 10.1. The Kier molecular flexibility index (Phi) is 9.62. The van der Waals surface area contributed by atoms with Gasteiger partial charge in [0.05, 0.1) is 0 Å². The summed E-state index contributed by atoms with van der Waals surface area (Å²) in [4.78, 5) is 21.0. The molecule has 128 valence electrons. The minimum absolute atomic E-state index is 0.121. The molecule has 0 aliphatic carbocycles. The normalized spacial score (nSPS) is 9.62. The van der Waals surface area contributed by atoms with Crippen molar-refractivity contribution in [3.05, 3.63) is 71.8 Å². The zero-order valence-electron chi connectivity index (χ0n) is 14.2. The lowest BCUT2D eigenvalue weighted by molar-refractivity contribution is -0.145. The molecule has 4 nitrogen and oxygen atoms in total. The van der Waals surface area contributed by atoms with Gasteiger partial charge in [0, 0.05) is 6.42 Å². The average Bonchev–Trinajstić information content (AvgIpc) is 2.60. The molecule has 2 aromatic rings. The number of carbonyl (C=O) groups is 2. The molecule has 24 heavy (non-hydrogen) atoms. The maximum atomic E-state index is 11.2. The molecule has 0 aliphatic heterocycles. The summed E-state index contributed by atoms with van der Waals surface area (Å²) in [5.41, 5.74) is 2.04. The van der Waals surface area contributed by atoms with Crippen molar-refractivity contribution in [1.29, 1.82) is 0 Å². The van der Waals surface area contributed by atoms with Crippen LogP contribution in [0.3, 0.4) is 0 Å². The number of hydrogen-bond donors (Lipinski definition) is 0. The summed E-state index contributed by atoms with van der Waals surface area (Å²) in [5, 5.41) is 0. The lowest BCUT2D eigenvalue weighted by Crippen LogP contribution is -2.07. The van der Waals surface area contributed by atoms with Crippen molar-refractivity contribution in [3.63, 3.8) is 0 Å². The summed E-state index contributed by atoms with van der Waals surface area (Å²) in [7, 11) is 0. The molecule has 0 saturated heterocycles. The van der Waals surface area contributed by atoms with E-state index in [0.717, 1.165) is 11.1 Å². The quantitative estimate of drug-likeness (QED) is 0.566. The van der Waals surface area contributed by atoms with Gasteiger partial charge in [-0.3, -0.25) is 9.59 Å². The highest BCUT2D eigenvalue weighted by Crippen LogP contribution is 2.05. The predicted octanol–water partition coefficient (Wildman–Crippen LogP) is 4.14. The molecule has 0 amide bonds. The van der Waals surface area contributed by atoms with E-state index >= 15 is 0 Å². The Balaban J connectivity index is 0.000000254. The van der Waals surface area contributed by atoms with Gasteiger partial charge in [0.25, 0.3) is 6.47 Å². The summed E-state index contributed by atoms with van der Waals surface area (Å²) in [6.07, 6.45) is 0.493. The molecule has 0 saturated carbocycles. The van der Waals surface area contributed by atoms with Crippen LogP contribution < -0.4 is 0 Å². The average molecular weight is 328 g/mol. The van der Waals surface area contributed by atoms with Crippen LogP contribution in [-0.2, 0) is 32.3 Å². The van der Waals surface area contributed by atoms with Gasteiger partial charge in [-0.05, 0) is 17.0 Å². The van der Waals surface area contributed by atoms with E-state index < -0.39 is 0 Å². The van der Waals surface area contributed by atoms with Crippen LogP contribution in [-0.4, -0.2) is 12.4 Å². The molecular weight excluding hydrogens is 304 g/mol. The first kappa shape index (κ1) is 19.4. The standard InChI is InChI=1S/C12H16O2.C8H8O2/c1-10(2)8-12(13)14-9-11-6-4-3-5-7-11;9-7-10-6-8-4-2-1-3-5-8/h3-7,10H,8-9H2,1-2H3;1-5,7H,6H2. The van der Waals surface area contributed by atoms with Gasteiger partial charge in [-0.1, -0.05) is 74.5 Å². The van der Waals surface area contributed by atoms with Gasteiger partial charge in [-0.2, -0.15) is 0 Å². The molecule has 0 aliphatic rings. The fourth-order valence-electron chi connectivity index (χ4n) is 1.83. The molecule has 0 aromatic heterocycles. The van der Waals surface area contributed by atoms with Crippen molar-refractivity contribution < 1.29 is 19.1 Å². The fourth-order valence-corrected chi connectivity index (χ4v) is 1.83. The Labute approximate surface area is 143 Å². The number of rotatable bonds is 7.